The molecule has 0 N–H and O–H groups in total. The first-order valence-corrected chi connectivity index (χ1v) is 10.3. The molecule has 2 aromatic heterocycles. The Balaban J connectivity index is 1.58. The number of pyridine rings is 1. The van der Waals surface area contributed by atoms with Gasteiger partial charge in [0.1, 0.15) is 24.0 Å². The predicted octanol–water partition coefficient (Wildman–Crippen LogP) is 5.03. The van der Waals surface area contributed by atoms with E-state index < -0.39 is 0 Å². The van der Waals surface area contributed by atoms with Gasteiger partial charge in [-0.25, -0.2) is 9.37 Å². The molecule has 4 aromatic rings. The normalized spacial score (nSPS) is 11.8. The first-order valence-electron chi connectivity index (χ1n) is 10.3. The quantitative estimate of drug-likeness (QED) is 0.456. The minimum Gasteiger partial charge on any atom is -0.489 e. The van der Waals surface area contributed by atoms with E-state index in [1.54, 1.807) is 29.0 Å². The van der Waals surface area contributed by atoms with Crippen molar-refractivity contribution in [1.82, 2.24) is 14.1 Å². The number of imidazole rings is 1. The predicted molar refractivity (Wildman–Crippen MR) is 120 cm³/mol. The summed E-state index contributed by atoms with van der Waals surface area (Å²) in [5.41, 5.74) is 3.45. The van der Waals surface area contributed by atoms with Crippen LogP contribution in [0.4, 0.5) is 4.39 Å². The fourth-order valence-electron chi connectivity index (χ4n) is 3.52. The lowest BCUT2D eigenvalue weighted by atomic mass is 9.92. The van der Waals surface area contributed by atoms with Crippen molar-refractivity contribution in [2.45, 2.75) is 33.8 Å². The van der Waals surface area contributed by atoms with Crippen molar-refractivity contribution in [3.8, 4) is 11.4 Å². The van der Waals surface area contributed by atoms with Gasteiger partial charge in [-0.05, 0) is 47.4 Å². The molecule has 31 heavy (non-hydrogen) atoms. The van der Waals surface area contributed by atoms with Gasteiger partial charge < -0.3 is 9.30 Å². The number of hydrogen-bond acceptors (Lipinski definition) is 3. The number of aryl methyl sites for hydroxylation is 1. The van der Waals surface area contributed by atoms with Crippen LogP contribution in [0.25, 0.3) is 16.7 Å². The molecule has 0 aliphatic rings. The molecule has 0 amide bonds. The minimum atomic E-state index is -0.290. The number of aromatic nitrogens is 3. The molecule has 6 heteroatoms. The summed E-state index contributed by atoms with van der Waals surface area (Å²) in [6.07, 6.45) is 2.57. The van der Waals surface area contributed by atoms with Crippen LogP contribution in [0.3, 0.4) is 0 Å². The lowest BCUT2D eigenvalue weighted by molar-refractivity contribution is 0.305. The zero-order valence-corrected chi connectivity index (χ0v) is 18.2. The third kappa shape index (κ3) is 4.68. The number of hydrogen-bond donors (Lipinski definition) is 0. The van der Waals surface area contributed by atoms with Crippen LogP contribution in [-0.4, -0.2) is 14.1 Å². The molecule has 2 heterocycles. The number of benzene rings is 2. The van der Waals surface area contributed by atoms with Crippen LogP contribution in [0.1, 0.15) is 32.2 Å². The zero-order chi connectivity index (χ0) is 22.2. The van der Waals surface area contributed by atoms with Gasteiger partial charge >= 0.3 is 0 Å². The summed E-state index contributed by atoms with van der Waals surface area (Å²) in [5, 5.41) is 0. The van der Waals surface area contributed by atoms with E-state index in [0.29, 0.717) is 5.75 Å². The molecule has 0 unspecified atom stereocenters. The van der Waals surface area contributed by atoms with Crippen LogP contribution < -0.4 is 10.3 Å². The van der Waals surface area contributed by atoms with Crippen molar-refractivity contribution in [1.29, 1.82) is 0 Å². The molecular weight excluding hydrogens is 393 g/mol. The number of fused-ring (bicyclic) bond motifs is 1. The van der Waals surface area contributed by atoms with Gasteiger partial charge in [0.15, 0.2) is 0 Å². The first-order chi connectivity index (χ1) is 14.7. The van der Waals surface area contributed by atoms with Crippen LogP contribution in [0.2, 0.25) is 0 Å². The van der Waals surface area contributed by atoms with Gasteiger partial charge in [0.05, 0.1) is 16.7 Å². The van der Waals surface area contributed by atoms with Crippen molar-refractivity contribution in [2.75, 3.05) is 0 Å². The Labute approximate surface area is 180 Å². The maximum absolute atomic E-state index is 13.0. The molecular formula is C25H26FN3O2. The molecule has 0 aliphatic carbocycles. The second kappa shape index (κ2) is 8.02. The molecule has 0 bridgehead atoms. The third-order valence-electron chi connectivity index (χ3n) is 5.13. The Morgan fingerprint density at radius 2 is 1.77 bits per heavy atom. The van der Waals surface area contributed by atoms with Gasteiger partial charge in [0, 0.05) is 25.7 Å². The van der Waals surface area contributed by atoms with Gasteiger partial charge in [-0.2, -0.15) is 0 Å². The second-order valence-corrected chi connectivity index (χ2v) is 8.98. The third-order valence-corrected chi connectivity index (χ3v) is 5.13. The Hall–Kier alpha value is -3.41. The summed E-state index contributed by atoms with van der Waals surface area (Å²) in [6, 6.07) is 15.1. The highest BCUT2D eigenvalue weighted by Gasteiger charge is 2.17. The van der Waals surface area contributed by atoms with Gasteiger partial charge in [0.25, 0.3) is 5.56 Å². The topological polar surface area (TPSA) is 49.0 Å². The largest absolute Gasteiger partial charge is 0.489 e. The van der Waals surface area contributed by atoms with Crippen molar-refractivity contribution in [2.24, 2.45) is 12.5 Å². The number of ether oxygens (including phenoxy) is 1. The highest BCUT2D eigenvalue weighted by Crippen LogP contribution is 2.24. The Kier molecular flexibility index (Phi) is 5.39. The van der Waals surface area contributed by atoms with E-state index in [1.165, 1.54) is 18.2 Å². The molecule has 0 aliphatic heterocycles. The molecule has 0 radical (unpaired) electrons. The smallest absolute Gasteiger partial charge is 0.258 e. The molecule has 5 nitrogen and oxygen atoms in total. The average Bonchev–Trinajstić information content (AvgIpc) is 3.01. The fourth-order valence-corrected chi connectivity index (χ4v) is 3.52. The van der Waals surface area contributed by atoms with E-state index >= 15 is 0 Å². The van der Waals surface area contributed by atoms with E-state index in [-0.39, 0.29) is 23.4 Å². The van der Waals surface area contributed by atoms with E-state index in [1.807, 2.05) is 25.2 Å². The minimum absolute atomic E-state index is 0.138. The van der Waals surface area contributed by atoms with Gasteiger partial charge in [-0.1, -0.05) is 32.9 Å². The summed E-state index contributed by atoms with van der Waals surface area (Å²) < 4.78 is 22.4. The van der Waals surface area contributed by atoms with Crippen LogP contribution >= 0.6 is 0 Å². The zero-order valence-electron chi connectivity index (χ0n) is 18.2. The first kappa shape index (κ1) is 20.8. The maximum atomic E-state index is 13.0. The average molecular weight is 420 g/mol. The van der Waals surface area contributed by atoms with Crippen molar-refractivity contribution in [3.63, 3.8) is 0 Å². The Bertz CT molecular complexity index is 1280. The fraction of sp³-hybridized carbons (Fsp3) is 0.280. The number of halogens is 1. The highest BCUT2D eigenvalue weighted by molar-refractivity contribution is 5.78. The Morgan fingerprint density at radius 3 is 2.45 bits per heavy atom. The van der Waals surface area contributed by atoms with E-state index in [0.717, 1.165) is 34.5 Å². The highest BCUT2D eigenvalue weighted by atomic mass is 19.1. The Morgan fingerprint density at radius 1 is 1.03 bits per heavy atom. The molecule has 4 rings (SSSR count). The maximum Gasteiger partial charge on any atom is 0.258 e. The number of rotatable bonds is 5. The lowest BCUT2D eigenvalue weighted by Crippen LogP contribution is -2.16. The van der Waals surface area contributed by atoms with Gasteiger partial charge in [-0.3, -0.25) is 9.36 Å². The lowest BCUT2D eigenvalue weighted by Gasteiger charge is -2.17. The summed E-state index contributed by atoms with van der Waals surface area (Å²) in [7, 11) is 2.01. The van der Waals surface area contributed by atoms with Gasteiger partial charge in [0.2, 0.25) is 0 Å². The van der Waals surface area contributed by atoms with Crippen molar-refractivity contribution in [3.05, 3.63) is 88.4 Å². The molecule has 0 spiro atoms. The summed E-state index contributed by atoms with van der Waals surface area (Å²) >= 11 is 0. The monoisotopic (exact) mass is 419 g/mol. The van der Waals surface area contributed by atoms with Crippen LogP contribution in [-0.2, 0) is 20.1 Å². The summed E-state index contributed by atoms with van der Waals surface area (Å²) in [5.74, 6) is 1.21. The van der Waals surface area contributed by atoms with E-state index in [2.05, 4.69) is 25.3 Å². The van der Waals surface area contributed by atoms with Crippen LogP contribution in [0, 0.1) is 11.2 Å². The van der Waals surface area contributed by atoms with Crippen LogP contribution in [0.15, 0.2) is 65.6 Å². The molecule has 0 fully saturated rings. The van der Waals surface area contributed by atoms with E-state index in [4.69, 9.17) is 9.72 Å². The van der Waals surface area contributed by atoms with Gasteiger partial charge in [-0.15, -0.1) is 0 Å². The molecule has 0 saturated heterocycles. The number of nitrogens with zero attached hydrogens (tertiary/aromatic N) is 3. The summed E-state index contributed by atoms with van der Waals surface area (Å²) in [4.78, 5) is 17.5. The molecule has 0 saturated carbocycles. The van der Waals surface area contributed by atoms with E-state index in [9.17, 15) is 9.18 Å². The van der Waals surface area contributed by atoms with Crippen LogP contribution in [0.5, 0.6) is 5.75 Å². The molecule has 160 valence electrons. The molecule has 0 atom stereocenters. The second-order valence-electron chi connectivity index (χ2n) is 8.98. The SMILES string of the molecule is Cn1c(CC(C)(C)C)nc2ccc(-n3ccc(OCc4ccc(F)cc4)cc3=O)cc21. The molecule has 2 aromatic carbocycles. The van der Waals surface area contributed by atoms with Crippen molar-refractivity contribution < 1.29 is 9.13 Å². The van der Waals surface area contributed by atoms with Crippen molar-refractivity contribution >= 4 is 11.0 Å². The standard InChI is InChI=1S/C25H26FN3O2/c1-25(2,3)15-23-27-21-10-9-19(13-22(21)28(23)4)29-12-11-20(14-24(29)30)31-16-17-5-7-18(26)8-6-17/h5-14H,15-16H2,1-4H3. The summed E-state index contributed by atoms with van der Waals surface area (Å²) in [6.45, 7) is 6.84.